The van der Waals surface area contributed by atoms with Crippen LogP contribution in [-0.2, 0) is 23.3 Å². The van der Waals surface area contributed by atoms with Crippen molar-refractivity contribution in [2.24, 2.45) is 0 Å². The second-order valence-corrected chi connectivity index (χ2v) is 14.3. The van der Waals surface area contributed by atoms with E-state index in [-0.39, 0.29) is 41.9 Å². The molecule has 25 heavy (non-hydrogen) atoms. The van der Waals surface area contributed by atoms with Crippen LogP contribution >= 0.6 is 0 Å². The fourth-order valence-corrected chi connectivity index (χ4v) is 3.86. The van der Waals surface area contributed by atoms with E-state index in [0.29, 0.717) is 12.7 Å². The van der Waals surface area contributed by atoms with Crippen LogP contribution in [-0.4, -0.2) is 45.8 Å². The van der Waals surface area contributed by atoms with E-state index < -0.39 is 8.32 Å². The number of hydrogen-bond donors (Lipinski definition) is 0. The normalized spacial score (nSPS) is 21.3. The van der Waals surface area contributed by atoms with Gasteiger partial charge in [0, 0.05) is 0 Å². The average molecular weight is 372 g/mol. The Bertz CT molecular complexity index is 455. The summed E-state index contributed by atoms with van der Waals surface area (Å²) in [6, 6.07) is 0. The van der Waals surface area contributed by atoms with E-state index in [4.69, 9.17) is 18.5 Å². The molecule has 1 aliphatic heterocycles. The summed E-state index contributed by atoms with van der Waals surface area (Å²) < 4.78 is 23.4. The van der Waals surface area contributed by atoms with Crippen LogP contribution in [0.5, 0.6) is 0 Å². The fraction of sp³-hybridized carbons (Fsp3) is 0.944. The van der Waals surface area contributed by atoms with Crippen molar-refractivity contribution < 1.29 is 23.3 Å². The first-order valence-electron chi connectivity index (χ1n) is 9.21. The Balaban J connectivity index is 2.74. The highest BCUT2D eigenvalue weighted by Crippen LogP contribution is 2.40. The lowest BCUT2D eigenvalue weighted by Gasteiger charge is -2.39. The molecule has 0 aromatic carbocycles. The number of carbonyl (C=O) groups is 1. The predicted octanol–water partition coefficient (Wildman–Crippen LogP) is 4.42. The van der Waals surface area contributed by atoms with Gasteiger partial charge < -0.3 is 18.5 Å². The van der Waals surface area contributed by atoms with E-state index in [1.165, 1.54) is 7.11 Å². The van der Waals surface area contributed by atoms with E-state index in [0.717, 1.165) is 0 Å². The van der Waals surface area contributed by atoms with Gasteiger partial charge in [-0.3, -0.25) is 4.79 Å². The number of carbonyl (C=O) groups excluding carboxylic acids is 1. The molecule has 1 fully saturated rings. The SMILES string of the molecule is COC(=O)CC(CCB1OC(C)(C)C(C)(C)O1)O[Si](C)(C)C(C)(C)C. The molecule has 0 radical (unpaired) electrons. The van der Waals surface area contributed by atoms with Gasteiger partial charge in [0.1, 0.15) is 0 Å². The minimum absolute atomic E-state index is 0.0890. The van der Waals surface area contributed by atoms with Gasteiger partial charge in [-0.1, -0.05) is 20.8 Å². The Hall–Kier alpha value is -0.368. The summed E-state index contributed by atoms with van der Waals surface area (Å²) in [7, 11) is -0.824. The van der Waals surface area contributed by atoms with Crippen molar-refractivity contribution in [1.29, 1.82) is 0 Å². The highest BCUT2D eigenvalue weighted by atomic mass is 28.4. The molecule has 1 aliphatic rings. The van der Waals surface area contributed by atoms with Gasteiger partial charge in [-0.15, -0.1) is 0 Å². The number of rotatable bonds is 7. The Morgan fingerprint density at radius 2 is 1.60 bits per heavy atom. The topological polar surface area (TPSA) is 54.0 Å². The lowest BCUT2D eigenvalue weighted by Crippen LogP contribution is -2.44. The summed E-state index contributed by atoms with van der Waals surface area (Å²) in [5.74, 6) is -0.238. The van der Waals surface area contributed by atoms with E-state index in [2.05, 4.69) is 33.9 Å². The first-order chi connectivity index (χ1) is 11.1. The van der Waals surface area contributed by atoms with Crippen molar-refractivity contribution in [2.45, 2.75) is 103 Å². The summed E-state index contributed by atoms with van der Waals surface area (Å²) in [5, 5.41) is 0.0890. The third-order valence-electron chi connectivity index (χ3n) is 5.92. The summed E-state index contributed by atoms with van der Waals surface area (Å²) >= 11 is 0. The van der Waals surface area contributed by atoms with Crippen LogP contribution in [0.2, 0.25) is 24.5 Å². The van der Waals surface area contributed by atoms with Gasteiger partial charge in [-0.2, -0.15) is 0 Å². The second kappa shape index (κ2) is 7.71. The van der Waals surface area contributed by atoms with Crippen molar-refractivity contribution in [3.63, 3.8) is 0 Å². The van der Waals surface area contributed by atoms with Crippen LogP contribution in [0.4, 0.5) is 0 Å². The molecule has 0 aromatic rings. The molecule has 0 amide bonds. The van der Waals surface area contributed by atoms with Gasteiger partial charge in [-0.25, -0.2) is 0 Å². The maximum atomic E-state index is 11.8. The highest BCUT2D eigenvalue weighted by molar-refractivity contribution is 6.74. The molecule has 146 valence electrons. The molecule has 1 rings (SSSR count). The van der Waals surface area contributed by atoms with Crippen molar-refractivity contribution >= 4 is 21.4 Å². The lowest BCUT2D eigenvalue weighted by molar-refractivity contribution is -0.142. The summed E-state index contributed by atoms with van der Waals surface area (Å²) in [4.78, 5) is 11.8. The first-order valence-corrected chi connectivity index (χ1v) is 12.1. The van der Waals surface area contributed by atoms with Gasteiger partial charge >= 0.3 is 13.1 Å². The molecule has 0 spiro atoms. The van der Waals surface area contributed by atoms with E-state index in [1.807, 2.05) is 27.7 Å². The number of hydrogen-bond acceptors (Lipinski definition) is 5. The fourth-order valence-electron chi connectivity index (χ4n) is 2.47. The molecule has 0 saturated carbocycles. The van der Waals surface area contributed by atoms with Crippen molar-refractivity contribution in [3.05, 3.63) is 0 Å². The second-order valence-electron chi connectivity index (χ2n) is 9.54. The molecule has 0 aliphatic carbocycles. The smallest absolute Gasteiger partial charge is 0.457 e. The molecule has 0 aromatic heterocycles. The minimum atomic E-state index is -1.97. The molecular weight excluding hydrogens is 335 g/mol. The monoisotopic (exact) mass is 372 g/mol. The molecule has 1 atom stereocenters. The molecule has 1 heterocycles. The van der Waals surface area contributed by atoms with E-state index in [1.54, 1.807) is 0 Å². The maximum absolute atomic E-state index is 11.8. The Labute approximate surface area is 155 Å². The quantitative estimate of drug-likeness (QED) is 0.489. The third kappa shape index (κ3) is 5.81. The van der Waals surface area contributed by atoms with Gasteiger partial charge in [0.25, 0.3) is 0 Å². The molecule has 1 saturated heterocycles. The minimum Gasteiger partial charge on any atom is -0.469 e. The van der Waals surface area contributed by atoms with E-state index in [9.17, 15) is 4.79 Å². The lowest BCUT2D eigenvalue weighted by atomic mass is 9.81. The molecular formula is C18H37BO5Si. The zero-order valence-corrected chi connectivity index (χ0v) is 18.8. The standard InChI is InChI=1S/C18H37BO5Si/c1-16(2,3)25(9,10)22-14(13-15(20)21-8)11-12-19-23-17(4,5)18(6,7)24-19/h14H,11-13H2,1-10H3. The van der Waals surface area contributed by atoms with Crippen LogP contribution in [0.3, 0.4) is 0 Å². The molecule has 7 heteroatoms. The van der Waals surface area contributed by atoms with Crippen LogP contribution in [0.1, 0.15) is 61.3 Å². The van der Waals surface area contributed by atoms with Crippen LogP contribution in [0.25, 0.3) is 0 Å². The third-order valence-corrected chi connectivity index (χ3v) is 10.5. The van der Waals surface area contributed by atoms with Crippen LogP contribution in [0, 0.1) is 0 Å². The largest absolute Gasteiger partial charge is 0.469 e. The number of esters is 1. The zero-order chi connectivity index (χ0) is 19.7. The van der Waals surface area contributed by atoms with Gasteiger partial charge in [0.15, 0.2) is 8.32 Å². The van der Waals surface area contributed by atoms with Gasteiger partial charge in [0.2, 0.25) is 0 Å². The number of ether oxygens (including phenoxy) is 1. The predicted molar refractivity (Wildman–Crippen MR) is 104 cm³/mol. The molecule has 0 bridgehead atoms. The Kier molecular flexibility index (Phi) is 6.99. The average Bonchev–Trinajstić information content (AvgIpc) is 2.62. The van der Waals surface area contributed by atoms with Crippen molar-refractivity contribution in [3.8, 4) is 0 Å². The van der Waals surface area contributed by atoms with Gasteiger partial charge in [-0.05, 0) is 58.6 Å². The number of methoxy groups -OCH3 is 1. The maximum Gasteiger partial charge on any atom is 0.457 e. The summed E-state index contributed by atoms with van der Waals surface area (Å²) in [6.07, 6.45) is 1.50. The van der Waals surface area contributed by atoms with Crippen LogP contribution in [0.15, 0.2) is 0 Å². The van der Waals surface area contributed by atoms with Gasteiger partial charge in [0.05, 0.1) is 30.8 Å². The summed E-state index contributed by atoms with van der Waals surface area (Å²) in [5.41, 5.74) is -0.675. The van der Waals surface area contributed by atoms with Crippen molar-refractivity contribution in [1.82, 2.24) is 0 Å². The molecule has 0 N–H and O–H groups in total. The highest BCUT2D eigenvalue weighted by Gasteiger charge is 2.51. The first kappa shape index (κ1) is 22.7. The van der Waals surface area contributed by atoms with Crippen LogP contribution < -0.4 is 0 Å². The zero-order valence-electron chi connectivity index (χ0n) is 17.8. The Morgan fingerprint density at radius 1 is 1.12 bits per heavy atom. The summed E-state index contributed by atoms with van der Waals surface area (Å²) in [6.45, 7) is 19.2. The van der Waals surface area contributed by atoms with Crippen molar-refractivity contribution in [2.75, 3.05) is 7.11 Å². The van der Waals surface area contributed by atoms with E-state index >= 15 is 0 Å². The molecule has 5 nitrogen and oxygen atoms in total. The molecule has 1 unspecified atom stereocenters. The Morgan fingerprint density at radius 3 is 2.00 bits per heavy atom.